The summed E-state index contributed by atoms with van der Waals surface area (Å²) >= 11 is 0. The lowest BCUT2D eigenvalue weighted by atomic mass is 9.79. The molecule has 0 aromatic rings. The van der Waals surface area contributed by atoms with Crippen LogP contribution in [0.1, 0.15) is 75.7 Å². The normalized spacial score (nSPS) is 14.6. The lowest BCUT2D eigenvalue weighted by Crippen LogP contribution is -2.53. The van der Waals surface area contributed by atoms with E-state index in [1.54, 1.807) is 0 Å². The Hall–Kier alpha value is -1.51. The Morgan fingerprint density at radius 1 is 1.04 bits per heavy atom. The Morgan fingerprint density at radius 2 is 1.60 bits per heavy atom. The second kappa shape index (κ2) is 9.26. The molecule has 0 aromatic heterocycles. The van der Waals surface area contributed by atoms with E-state index in [-0.39, 0.29) is 11.4 Å². The molecule has 0 saturated carbocycles. The van der Waals surface area contributed by atoms with E-state index in [2.05, 4.69) is 33.0 Å². The number of carbonyl (C=O) groups is 1. The summed E-state index contributed by atoms with van der Waals surface area (Å²) in [6, 6.07) is 0. The molecule has 25 heavy (non-hydrogen) atoms. The summed E-state index contributed by atoms with van der Waals surface area (Å²) in [5.74, 6) is 1.22. The van der Waals surface area contributed by atoms with E-state index in [1.807, 2.05) is 71.9 Å². The van der Waals surface area contributed by atoms with Gasteiger partial charge in [0, 0.05) is 17.4 Å². The van der Waals surface area contributed by atoms with Gasteiger partial charge >= 0.3 is 0 Å². The van der Waals surface area contributed by atoms with E-state index in [9.17, 15) is 4.79 Å². The quantitative estimate of drug-likeness (QED) is 0.423. The minimum atomic E-state index is -0.530. The van der Waals surface area contributed by atoms with Gasteiger partial charge in [-0.3, -0.25) is 4.79 Å². The summed E-state index contributed by atoms with van der Waals surface area (Å²) in [5, 5.41) is 3.20. The predicted octanol–water partition coefficient (Wildman–Crippen LogP) is 5.78. The molecule has 0 radical (unpaired) electrons. The third kappa shape index (κ3) is 8.42. The number of rotatable bonds is 9. The highest BCUT2D eigenvalue weighted by molar-refractivity contribution is 5.82. The molecule has 3 heteroatoms. The van der Waals surface area contributed by atoms with Gasteiger partial charge in [0.2, 0.25) is 5.91 Å². The fourth-order valence-corrected chi connectivity index (χ4v) is 2.58. The van der Waals surface area contributed by atoms with Crippen molar-refractivity contribution in [3.63, 3.8) is 0 Å². The van der Waals surface area contributed by atoms with Gasteiger partial charge in [0.1, 0.15) is 11.4 Å². The topological polar surface area (TPSA) is 38.3 Å². The molecule has 0 spiro atoms. The van der Waals surface area contributed by atoms with E-state index in [0.717, 1.165) is 5.76 Å². The van der Waals surface area contributed by atoms with Crippen LogP contribution >= 0.6 is 0 Å². The van der Waals surface area contributed by atoms with Crippen LogP contribution in [0.4, 0.5) is 0 Å². The zero-order valence-electron chi connectivity index (χ0n) is 18.0. The summed E-state index contributed by atoms with van der Waals surface area (Å²) in [7, 11) is 0. The first kappa shape index (κ1) is 23.5. The zero-order chi connectivity index (χ0) is 19.9. The van der Waals surface area contributed by atoms with Gasteiger partial charge in [-0.25, -0.2) is 0 Å². The average Bonchev–Trinajstić information content (AvgIpc) is 2.42. The van der Waals surface area contributed by atoms with Crippen LogP contribution in [0, 0.1) is 11.3 Å². The number of hydrogen-bond acceptors (Lipinski definition) is 2. The molecular weight excluding hydrogens is 310 g/mol. The molecule has 1 N–H and O–H groups in total. The lowest BCUT2D eigenvalue weighted by Gasteiger charge is -2.38. The Morgan fingerprint density at radius 3 is 2.04 bits per heavy atom. The van der Waals surface area contributed by atoms with Crippen LogP contribution in [0.5, 0.6) is 0 Å². The number of hydrogen-bond donors (Lipinski definition) is 1. The summed E-state index contributed by atoms with van der Waals surface area (Å²) in [6.45, 7) is 20.3. The first-order chi connectivity index (χ1) is 11.3. The molecule has 0 unspecified atom stereocenters. The SMILES string of the molecule is C\C=C/C=C(\C=C/C)OC(C)(C)CC(C)(C)C(=O)NC(C)(C)C(C)C. The number of carbonyl (C=O) groups excluding carboxylic acids is 1. The molecule has 0 rings (SSSR count). The molecule has 3 nitrogen and oxygen atoms in total. The second-order valence-corrected chi connectivity index (χ2v) is 8.85. The minimum Gasteiger partial charge on any atom is -0.488 e. The summed E-state index contributed by atoms with van der Waals surface area (Å²) in [6.07, 6.45) is 10.4. The fraction of sp³-hybridized carbons (Fsp3) is 0.682. The highest BCUT2D eigenvalue weighted by Gasteiger charge is 2.38. The number of amides is 1. The van der Waals surface area contributed by atoms with Crippen LogP contribution in [0.3, 0.4) is 0 Å². The van der Waals surface area contributed by atoms with Gasteiger partial charge in [0.05, 0.1) is 0 Å². The van der Waals surface area contributed by atoms with E-state index >= 15 is 0 Å². The molecule has 0 aromatic carbocycles. The van der Waals surface area contributed by atoms with E-state index in [4.69, 9.17) is 4.74 Å². The number of ether oxygens (including phenoxy) is 1. The van der Waals surface area contributed by atoms with Crippen LogP contribution in [0.25, 0.3) is 0 Å². The van der Waals surface area contributed by atoms with Crippen molar-refractivity contribution in [2.24, 2.45) is 11.3 Å². The molecule has 0 heterocycles. The van der Waals surface area contributed by atoms with Gasteiger partial charge in [-0.05, 0) is 59.6 Å². The smallest absolute Gasteiger partial charge is 0.226 e. The van der Waals surface area contributed by atoms with Crippen LogP contribution in [0.15, 0.2) is 36.1 Å². The molecule has 144 valence electrons. The van der Waals surface area contributed by atoms with Crippen LogP contribution in [-0.2, 0) is 9.53 Å². The first-order valence-corrected chi connectivity index (χ1v) is 9.24. The van der Waals surface area contributed by atoms with Crippen LogP contribution in [0.2, 0.25) is 0 Å². The van der Waals surface area contributed by atoms with Crippen LogP contribution < -0.4 is 5.32 Å². The maximum Gasteiger partial charge on any atom is 0.226 e. The molecule has 0 aliphatic rings. The molecule has 0 bridgehead atoms. The predicted molar refractivity (Wildman–Crippen MR) is 108 cm³/mol. The van der Waals surface area contributed by atoms with Gasteiger partial charge in [-0.1, -0.05) is 45.9 Å². The summed E-state index contributed by atoms with van der Waals surface area (Å²) < 4.78 is 6.19. The van der Waals surface area contributed by atoms with Crippen molar-refractivity contribution in [3.05, 3.63) is 36.1 Å². The summed E-state index contributed by atoms with van der Waals surface area (Å²) in [4.78, 5) is 12.8. The summed E-state index contributed by atoms with van der Waals surface area (Å²) in [5.41, 5.74) is -1.23. The highest BCUT2D eigenvalue weighted by atomic mass is 16.5. The minimum absolute atomic E-state index is 0.0629. The Kier molecular flexibility index (Phi) is 8.70. The zero-order valence-corrected chi connectivity index (χ0v) is 18.0. The lowest BCUT2D eigenvalue weighted by molar-refractivity contribution is -0.135. The molecule has 1 amide bonds. The monoisotopic (exact) mass is 349 g/mol. The third-order valence-electron chi connectivity index (χ3n) is 4.54. The molecule has 0 atom stereocenters. The molecular formula is C22H39NO2. The van der Waals surface area contributed by atoms with Gasteiger partial charge in [-0.15, -0.1) is 0 Å². The van der Waals surface area contributed by atoms with Crippen molar-refractivity contribution in [3.8, 4) is 0 Å². The van der Waals surface area contributed by atoms with Crippen molar-refractivity contribution in [2.75, 3.05) is 0 Å². The van der Waals surface area contributed by atoms with Gasteiger partial charge in [0.25, 0.3) is 0 Å². The molecule has 0 saturated heterocycles. The average molecular weight is 350 g/mol. The van der Waals surface area contributed by atoms with E-state index < -0.39 is 11.0 Å². The largest absolute Gasteiger partial charge is 0.488 e. The van der Waals surface area contributed by atoms with Gasteiger partial charge < -0.3 is 10.1 Å². The Balaban J connectivity index is 5.20. The van der Waals surface area contributed by atoms with Gasteiger partial charge in [-0.2, -0.15) is 0 Å². The van der Waals surface area contributed by atoms with E-state index in [0.29, 0.717) is 12.3 Å². The second-order valence-electron chi connectivity index (χ2n) is 8.85. The van der Waals surface area contributed by atoms with Crippen molar-refractivity contribution in [2.45, 2.75) is 86.8 Å². The molecule has 0 aliphatic heterocycles. The third-order valence-corrected chi connectivity index (χ3v) is 4.54. The van der Waals surface area contributed by atoms with Crippen molar-refractivity contribution >= 4 is 5.91 Å². The number of nitrogens with one attached hydrogen (secondary N) is 1. The molecule has 0 fully saturated rings. The van der Waals surface area contributed by atoms with E-state index in [1.165, 1.54) is 0 Å². The van der Waals surface area contributed by atoms with Crippen molar-refractivity contribution in [1.29, 1.82) is 0 Å². The first-order valence-electron chi connectivity index (χ1n) is 9.24. The fourth-order valence-electron chi connectivity index (χ4n) is 2.58. The maximum absolute atomic E-state index is 12.8. The number of allylic oxidation sites excluding steroid dienone is 5. The van der Waals surface area contributed by atoms with Crippen molar-refractivity contribution < 1.29 is 9.53 Å². The Labute approximate surface area is 155 Å². The highest BCUT2D eigenvalue weighted by Crippen LogP contribution is 2.33. The van der Waals surface area contributed by atoms with Gasteiger partial charge in [0.15, 0.2) is 0 Å². The Bertz CT molecular complexity index is 520. The maximum atomic E-state index is 12.8. The standard InChI is InChI=1S/C22H39NO2/c1-11-13-15-18(14-12-2)25-21(7,8)16-20(5,6)19(24)23-22(9,10)17(3)4/h11-15,17H,16H2,1-10H3,(H,23,24)/b13-11-,14-12-,18-15+. The van der Waals surface area contributed by atoms with Crippen molar-refractivity contribution in [1.82, 2.24) is 5.32 Å². The van der Waals surface area contributed by atoms with Crippen LogP contribution in [-0.4, -0.2) is 17.0 Å². The molecule has 0 aliphatic carbocycles.